The van der Waals surface area contributed by atoms with E-state index in [1.54, 1.807) is 0 Å². The predicted octanol–water partition coefficient (Wildman–Crippen LogP) is 10.5. The quantitative estimate of drug-likeness (QED) is 0.149. The van der Waals surface area contributed by atoms with Crippen LogP contribution in [0.1, 0.15) is 134 Å². The fourth-order valence-corrected chi connectivity index (χ4v) is 5.64. The van der Waals surface area contributed by atoms with Crippen molar-refractivity contribution in [2.45, 2.75) is 142 Å². The van der Waals surface area contributed by atoms with Crippen molar-refractivity contribution in [2.75, 3.05) is 13.2 Å². The van der Waals surface area contributed by atoms with Crippen molar-refractivity contribution in [1.29, 1.82) is 0 Å². The largest absolute Gasteiger partial charge is 0.352 e. The van der Waals surface area contributed by atoms with Gasteiger partial charge in [0.25, 0.3) is 0 Å². The minimum atomic E-state index is -0.0665. The van der Waals surface area contributed by atoms with E-state index >= 15 is 0 Å². The van der Waals surface area contributed by atoms with Gasteiger partial charge in [0, 0.05) is 24.1 Å². The van der Waals surface area contributed by atoms with E-state index < -0.39 is 0 Å². The molecule has 39 heavy (non-hydrogen) atoms. The fourth-order valence-electron chi connectivity index (χ4n) is 5.64. The summed E-state index contributed by atoms with van der Waals surface area (Å²) in [5.74, 6) is 0.573. The number of ether oxygens (including phenoxy) is 2. The molecule has 0 N–H and O–H groups in total. The summed E-state index contributed by atoms with van der Waals surface area (Å²) in [6, 6.07) is 13.3. The van der Waals surface area contributed by atoms with Crippen molar-refractivity contribution in [1.82, 2.24) is 4.98 Å². The van der Waals surface area contributed by atoms with Crippen molar-refractivity contribution in [3.05, 3.63) is 53.7 Å². The summed E-state index contributed by atoms with van der Waals surface area (Å²) in [6.45, 7) is 6.27. The highest BCUT2D eigenvalue weighted by atomic mass is 16.7. The van der Waals surface area contributed by atoms with Crippen LogP contribution in [0.25, 0.3) is 11.3 Å². The third kappa shape index (κ3) is 13.5. The molecule has 1 aromatic heterocycles. The summed E-state index contributed by atoms with van der Waals surface area (Å²) in [4.78, 5) is 4.75. The van der Waals surface area contributed by atoms with Crippen LogP contribution in [0.5, 0.6) is 0 Å². The third-order valence-corrected chi connectivity index (χ3v) is 8.31. The molecule has 1 aliphatic heterocycles. The fraction of sp³-hybridized carbons (Fsp3) is 0.694. The van der Waals surface area contributed by atoms with Gasteiger partial charge in [0.15, 0.2) is 6.29 Å². The van der Waals surface area contributed by atoms with Gasteiger partial charge >= 0.3 is 0 Å². The van der Waals surface area contributed by atoms with Gasteiger partial charge in [0.05, 0.1) is 18.9 Å². The van der Waals surface area contributed by atoms with Crippen molar-refractivity contribution in [3.63, 3.8) is 0 Å². The van der Waals surface area contributed by atoms with Gasteiger partial charge in [0.2, 0.25) is 0 Å². The molecule has 3 nitrogen and oxygen atoms in total. The first-order chi connectivity index (χ1) is 19.3. The summed E-state index contributed by atoms with van der Waals surface area (Å²) in [7, 11) is 0. The Bertz CT molecular complexity index is 839. The van der Waals surface area contributed by atoms with E-state index in [0.29, 0.717) is 5.92 Å². The lowest BCUT2D eigenvalue weighted by Crippen LogP contribution is -2.32. The Morgan fingerprint density at radius 3 is 1.74 bits per heavy atom. The topological polar surface area (TPSA) is 31.4 Å². The van der Waals surface area contributed by atoms with Crippen LogP contribution in [0.3, 0.4) is 0 Å². The molecule has 1 aliphatic rings. The van der Waals surface area contributed by atoms with E-state index in [4.69, 9.17) is 14.5 Å². The van der Waals surface area contributed by atoms with Gasteiger partial charge in [-0.2, -0.15) is 0 Å². The molecule has 0 saturated carbocycles. The van der Waals surface area contributed by atoms with Gasteiger partial charge in [-0.25, -0.2) is 0 Å². The highest BCUT2D eigenvalue weighted by molar-refractivity contribution is 5.59. The molecule has 0 amide bonds. The number of aromatic nitrogens is 1. The zero-order chi connectivity index (χ0) is 27.4. The molecule has 0 aliphatic carbocycles. The highest BCUT2D eigenvalue weighted by Crippen LogP contribution is 2.23. The van der Waals surface area contributed by atoms with Crippen LogP contribution < -0.4 is 0 Å². The Labute approximate surface area is 240 Å². The zero-order valence-electron chi connectivity index (χ0n) is 25.3. The number of pyridine rings is 1. The monoisotopic (exact) mass is 535 g/mol. The van der Waals surface area contributed by atoms with Gasteiger partial charge < -0.3 is 9.47 Å². The summed E-state index contributed by atoms with van der Waals surface area (Å²) in [6.07, 6.45) is 26.8. The van der Waals surface area contributed by atoms with E-state index in [-0.39, 0.29) is 6.29 Å². The predicted molar refractivity (Wildman–Crippen MR) is 166 cm³/mol. The minimum absolute atomic E-state index is 0.0665. The van der Waals surface area contributed by atoms with Gasteiger partial charge in [-0.1, -0.05) is 134 Å². The smallest absolute Gasteiger partial charge is 0.157 e. The number of hydrogen-bond acceptors (Lipinski definition) is 3. The molecule has 0 radical (unpaired) electrons. The van der Waals surface area contributed by atoms with E-state index in [9.17, 15) is 0 Å². The lowest BCUT2D eigenvalue weighted by Gasteiger charge is -2.29. The molecule has 3 heteroatoms. The molecular weight excluding hydrogens is 478 g/mol. The maximum absolute atomic E-state index is 6.06. The summed E-state index contributed by atoms with van der Waals surface area (Å²) in [5.41, 5.74) is 4.93. The summed E-state index contributed by atoms with van der Waals surface area (Å²) >= 11 is 0. The summed E-state index contributed by atoms with van der Waals surface area (Å²) in [5, 5.41) is 0. The maximum atomic E-state index is 6.06. The van der Waals surface area contributed by atoms with Crippen LogP contribution >= 0.6 is 0 Å². The minimum Gasteiger partial charge on any atom is -0.352 e. The molecule has 218 valence electrons. The molecule has 3 rings (SSSR count). The standard InChI is InChI=1S/C36H57NO2/c1-3-5-7-9-10-11-12-13-15-17-19-33-29-38-36(39-30-33)27-23-32-22-26-35(37-28-32)34-24-20-31(21-25-34)18-16-14-8-6-4-2/h20-22,24-26,28,33,36H,3-19,23,27,29-30H2,1-2H3. The second-order valence-corrected chi connectivity index (χ2v) is 11.9. The molecule has 0 unspecified atom stereocenters. The molecule has 1 fully saturated rings. The molecular formula is C36H57NO2. The van der Waals surface area contributed by atoms with Crippen molar-refractivity contribution in [2.24, 2.45) is 5.92 Å². The number of nitrogens with zero attached hydrogens (tertiary/aromatic N) is 1. The Balaban J connectivity index is 1.23. The van der Waals surface area contributed by atoms with E-state index in [2.05, 4.69) is 50.2 Å². The second-order valence-electron chi connectivity index (χ2n) is 11.9. The zero-order valence-corrected chi connectivity index (χ0v) is 25.3. The molecule has 0 bridgehead atoms. The third-order valence-electron chi connectivity index (χ3n) is 8.31. The Morgan fingerprint density at radius 1 is 0.590 bits per heavy atom. The lowest BCUT2D eigenvalue weighted by atomic mass is 10.0. The van der Waals surface area contributed by atoms with Crippen molar-refractivity contribution >= 4 is 0 Å². The van der Waals surface area contributed by atoms with Crippen LogP contribution in [0.15, 0.2) is 42.6 Å². The van der Waals surface area contributed by atoms with E-state index in [1.807, 2.05) is 6.20 Å². The van der Waals surface area contributed by atoms with Gasteiger partial charge in [-0.3, -0.25) is 4.98 Å². The number of unbranched alkanes of at least 4 members (excludes halogenated alkanes) is 13. The van der Waals surface area contributed by atoms with Crippen LogP contribution in [0.2, 0.25) is 0 Å². The second kappa shape index (κ2) is 20.2. The average molecular weight is 536 g/mol. The number of aryl methyl sites for hydroxylation is 2. The molecule has 0 spiro atoms. The normalized spacial score (nSPS) is 17.5. The van der Waals surface area contributed by atoms with Crippen molar-refractivity contribution in [3.8, 4) is 11.3 Å². The number of hydrogen-bond donors (Lipinski definition) is 0. The first kappa shape index (κ1) is 31.8. The van der Waals surface area contributed by atoms with Gasteiger partial charge in [-0.05, 0) is 42.9 Å². The van der Waals surface area contributed by atoms with Crippen molar-refractivity contribution < 1.29 is 9.47 Å². The first-order valence-electron chi connectivity index (χ1n) is 16.6. The molecule has 1 aromatic carbocycles. The summed E-state index contributed by atoms with van der Waals surface area (Å²) < 4.78 is 12.1. The number of benzene rings is 1. The lowest BCUT2D eigenvalue weighted by molar-refractivity contribution is -0.203. The maximum Gasteiger partial charge on any atom is 0.157 e. The van der Waals surface area contributed by atoms with E-state index in [1.165, 1.54) is 126 Å². The highest BCUT2D eigenvalue weighted by Gasteiger charge is 2.21. The van der Waals surface area contributed by atoms with Crippen LogP contribution in [0.4, 0.5) is 0 Å². The van der Waals surface area contributed by atoms with Crippen LogP contribution in [-0.2, 0) is 22.3 Å². The Hall–Kier alpha value is -1.71. The molecule has 0 atom stereocenters. The molecule has 2 heterocycles. The van der Waals surface area contributed by atoms with Crippen LogP contribution in [0, 0.1) is 5.92 Å². The Morgan fingerprint density at radius 2 is 1.15 bits per heavy atom. The molecule has 1 saturated heterocycles. The average Bonchev–Trinajstić information content (AvgIpc) is 2.98. The Kier molecular flexibility index (Phi) is 16.5. The van der Waals surface area contributed by atoms with E-state index in [0.717, 1.165) is 31.7 Å². The van der Waals surface area contributed by atoms with Crippen LogP contribution in [-0.4, -0.2) is 24.5 Å². The van der Waals surface area contributed by atoms with Gasteiger partial charge in [-0.15, -0.1) is 0 Å². The number of rotatable bonds is 21. The first-order valence-corrected chi connectivity index (χ1v) is 16.6. The molecule has 2 aromatic rings. The van der Waals surface area contributed by atoms with Gasteiger partial charge in [0.1, 0.15) is 0 Å². The SMILES string of the molecule is CCCCCCCCCCCCC1COC(CCc2ccc(-c3ccc(CCCCCCC)cc3)nc2)OC1.